The number of nitrogens with two attached hydrogens (primary N) is 1. The van der Waals surface area contributed by atoms with Crippen LogP contribution in [0.4, 0.5) is 5.69 Å². The highest BCUT2D eigenvalue weighted by molar-refractivity contribution is 5.75. The molecule has 2 rings (SSSR count). The first kappa shape index (κ1) is 15.3. The first-order valence-electron chi connectivity index (χ1n) is 6.92. The number of rotatable bonds is 5. The summed E-state index contributed by atoms with van der Waals surface area (Å²) in [6.45, 7) is 3.12. The van der Waals surface area contributed by atoms with Crippen molar-refractivity contribution < 1.29 is 9.53 Å². The Labute approximate surface area is 124 Å². The number of amides is 1. The summed E-state index contributed by atoms with van der Waals surface area (Å²) in [6, 6.07) is 9.66. The highest BCUT2D eigenvalue weighted by Crippen LogP contribution is 2.18. The van der Waals surface area contributed by atoms with Crippen molar-refractivity contribution in [3.05, 3.63) is 29.8 Å². The fraction of sp³-hybridized carbons (Fsp3) is 0.467. The molecule has 0 aromatic heterocycles. The summed E-state index contributed by atoms with van der Waals surface area (Å²) >= 11 is 0. The van der Waals surface area contributed by atoms with E-state index in [1.807, 2.05) is 36.2 Å². The number of hydrogen-bond donors (Lipinski definition) is 1. The normalized spacial score (nSPS) is 18.5. The summed E-state index contributed by atoms with van der Waals surface area (Å²) in [5.41, 5.74) is 6.93. The Kier molecular flexibility index (Phi) is 5.14. The zero-order valence-corrected chi connectivity index (χ0v) is 12.2. The standard InChI is InChI=1S/C15H20N4O2/c1-18(11-15(17)20)9-14-10-19(6-7-21-14)13-4-2-12(8-16)3-5-13/h2-5,14H,6-7,9-11H2,1H3,(H2,17,20). The Bertz CT molecular complexity index is 523. The average molecular weight is 288 g/mol. The summed E-state index contributed by atoms with van der Waals surface area (Å²) in [7, 11) is 1.86. The van der Waals surface area contributed by atoms with Crippen LogP contribution < -0.4 is 10.6 Å². The fourth-order valence-electron chi connectivity index (χ4n) is 2.49. The molecule has 0 saturated carbocycles. The number of ether oxygens (including phenoxy) is 1. The highest BCUT2D eigenvalue weighted by Gasteiger charge is 2.22. The van der Waals surface area contributed by atoms with Crippen LogP contribution in [-0.2, 0) is 9.53 Å². The Morgan fingerprint density at radius 2 is 2.24 bits per heavy atom. The van der Waals surface area contributed by atoms with E-state index in [4.69, 9.17) is 15.7 Å². The molecule has 2 N–H and O–H groups in total. The van der Waals surface area contributed by atoms with Gasteiger partial charge in [0.15, 0.2) is 0 Å². The largest absolute Gasteiger partial charge is 0.373 e. The summed E-state index contributed by atoms with van der Waals surface area (Å²) < 4.78 is 5.74. The molecule has 1 aliphatic heterocycles. The molecule has 1 atom stereocenters. The van der Waals surface area contributed by atoms with Gasteiger partial charge in [0, 0.05) is 25.3 Å². The lowest BCUT2D eigenvalue weighted by molar-refractivity contribution is -0.119. The number of morpholine rings is 1. The van der Waals surface area contributed by atoms with Crippen molar-refractivity contribution in [1.29, 1.82) is 5.26 Å². The summed E-state index contributed by atoms with van der Waals surface area (Å²) in [5.74, 6) is -0.336. The number of hydrogen-bond acceptors (Lipinski definition) is 5. The summed E-state index contributed by atoms with van der Waals surface area (Å²) in [5, 5.41) is 8.83. The first-order valence-corrected chi connectivity index (χ1v) is 6.92. The van der Waals surface area contributed by atoms with Gasteiger partial charge in [-0.1, -0.05) is 0 Å². The smallest absolute Gasteiger partial charge is 0.231 e. The van der Waals surface area contributed by atoms with E-state index in [0.29, 0.717) is 18.7 Å². The average Bonchev–Trinajstić information content (AvgIpc) is 2.46. The number of benzene rings is 1. The third-order valence-corrected chi connectivity index (χ3v) is 3.44. The molecular formula is C15H20N4O2. The predicted molar refractivity (Wildman–Crippen MR) is 79.8 cm³/mol. The molecule has 1 saturated heterocycles. The molecule has 21 heavy (non-hydrogen) atoms. The zero-order chi connectivity index (χ0) is 15.2. The summed E-state index contributed by atoms with van der Waals surface area (Å²) in [6.07, 6.45) is 0.0405. The van der Waals surface area contributed by atoms with E-state index in [1.54, 1.807) is 0 Å². The number of anilines is 1. The van der Waals surface area contributed by atoms with Crippen LogP contribution >= 0.6 is 0 Å². The molecule has 1 fully saturated rings. The van der Waals surface area contributed by atoms with Crippen LogP contribution in [0.15, 0.2) is 24.3 Å². The van der Waals surface area contributed by atoms with E-state index in [1.165, 1.54) is 0 Å². The van der Waals surface area contributed by atoms with Gasteiger partial charge >= 0.3 is 0 Å². The van der Waals surface area contributed by atoms with E-state index in [2.05, 4.69) is 11.0 Å². The Morgan fingerprint density at radius 3 is 2.86 bits per heavy atom. The number of nitrogens with zero attached hydrogens (tertiary/aromatic N) is 3. The molecule has 1 aromatic carbocycles. The van der Waals surface area contributed by atoms with Crippen LogP contribution in [0.1, 0.15) is 5.56 Å². The molecule has 0 radical (unpaired) electrons. The Balaban J connectivity index is 1.93. The van der Waals surface area contributed by atoms with Crippen LogP contribution in [0, 0.1) is 11.3 Å². The molecule has 6 nitrogen and oxygen atoms in total. The Morgan fingerprint density at radius 1 is 1.52 bits per heavy atom. The number of likely N-dealkylation sites (N-methyl/N-ethyl adjacent to an activating group) is 1. The molecule has 6 heteroatoms. The second-order valence-corrected chi connectivity index (χ2v) is 5.26. The van der Waals surface area contributed by atoms with Crippen molar-refractivity contribution in [2.24, 2.45) is 5.73 Å². The summed E-state index contributed by atoms with van der Waals surface area (Å²) in [4.78, 5) is 15.0. The zero-order valence-electron chi connectivity index (χ0n) is 12.2. The van der Waals surface area contributed by atoms with Crippen molar-refractivity contribution in [3.63, 3.8) is 0 Å². The first-order chi connectivity index (χ1) is 10.1. The molecule has 112 valence electrons. The van der Waals surface area contributed by atoms with Crippen molar-refractivity contribution in [2.45, 2.75) is 6.10 Å². The minimum atomic E-state index is -0.336. The fourth-order valence-corrected chi connectivity index (χ4v) is 2.49. The lowest BCUT2D eigenvalue weighted by Crippen LogP contribution is -2.48. The number of carbonyl (C=O) groups is 1. The lowest BCUT2D eigenvalue weighted by Gasteiger charge is -2.36. The van der Waals surface area contributed by atoms with Crippen molar-refractivity contribution >= 4 is 11.6 Å². The topological polar surface area (TPSA) is 82.6 Å². The van der Waals surface area contributed by atoms with Gasteiger partial charge in [0.2, 0.25) is 5.91 Å². The number of nitriles is 1. The molecule has 0 bridgehead atoms. The van der Waals surface area contributed by atoms with Gasteiger partial charge in [-0.15, -0.1) is 0 Å². The third kappa shape index (κ3) is 4.45. The van der Waals surface area contributed by atoms with Crippen molar-refractivity contribution in [2.75, 3.05) is 44.7 Å². The number of carbonyl (C=O) groups excluding carboxylic acids is 1. The quantitative estimate of drug-likeness (QED) is 0.836. The molecular weight excluding hydrogens is 268 g/mol. The van der Waals surface area contributed by atoms with Gasteiger partial charge < -0.3 is 15.4 Å². The van der Waals surface area contributed by atoms with Crippen LogP contribution in [0.25, 0.3) is 0 Å². The van der Waals surface area contributed by atoms with Gasteiger partial charge in [-0.3, -0.25) is 9.69 Å². The van der Waals surface area contributed by atoms with Gasteiger partial charge in [0.1, 0.15) is 0 Å². The van der Waals surface area contributed by atoms with Gasteiger partial charge in [-0.05, 0) is 31.3 Å². The predicted octanol–water partition coefficient (Wildman–Crippen LogP) is 0.181. The maximum absolute atomic E-state index is 10.9. The van der Waals surface area contributed by atoms with Gasteiger partial charge in [0.05, 0.1) is 30.9 Å². The molecule has 1 heterocycles. The van der Waals surface area contributed by atoms with E-state index in [-0.39, 0.29) is 18.6 Å². The minimum Gasteiger partial charge on any atom is -0.373 e. The highest BCUT2D eigenvalue weighted by atomic mass is 16.5. The molecule has 0 spiro atoms. The molecule has 1 amide bonds. The van der Waals surface area contributed by atoms with E-state index < -0.39 is 0 Å². The van der Waals surface area contributed by atoms with E-state index >= 15 is 0 Å². The third-order valence-electron chi connectivity index (χ3n) is 3.44. The van der Waals surface area contributed by atoms with Crippen LogP contribution in [0.2, 0.25) is 0 Å². The van der Waals surface area contributed by atoms with Crippen LogP contribution in [0.5, 0.6) is 0 Å². The van der Waals surface area contributed by atoms with Crippen LogP contribution in [-0.4, -0.2) is 56.7 Å². The maximum Gasteiger partial charge on any atom is 0.231 e. The van der Waals surface area contributed by atoms with E-state index in [9.17, 15) is 4.79 Å². The molecule has 1 aliphatic rings. The van der Waals surface area contributed by atoms with Crippen LogP contribution in [0.3, 0.4) is 0 Å². The molecule has 1 aromatic rings. The monoisotopic (exact) mass is 288 g/mol. The van der Waals surface area contributed by atoms with Gasteiger partial charge in [0.25, 0.3) is 0 Å². The van der Waals surface area contributed by atoms with E-state index in [0.717, 1.165) is 18.8 Å². The minimum absolute atomic E-state index is 0.0405. The van der Waals surface area contributed by atoms with Gasteiger partial charge in [-0.25, -0.2) is 0 Å². The second-order valence-electron chi connectivity index (χ2n) is 5.26. The van der Waals surface area contributed by atoms with Crippen molar-refractivity contribution in [1.82, 2.24) is 4.90 Å². The maximum atomic E-state index is 10.9. The molecule has 0 aliphatic carbocycles. The van der Waals surface area contributed by atoms with Crippen molar-refractivity contribution in [3.8, 4) is 6.07 Å². The second kappa shape index (κ2) is 7.07. The molecule has 1 unspecified atom stereocenters. The number of primary amides is 1. The lowest BCUT2D eigenvalue weighted by atomic mass is 10.2. The SMILES string of the molecule is CN(CC(N)=O)CC1CN(c2ccc(C#N)cc2)CCO1. The Hall–Kier alpha value is -2.10. The van der Waals surface area contributed by atoms with Gasteiger partial charge in [-0.2, -0.15) is 5.26 Å².